The highest BCUT2D eigenvalue weighted by Crippen LogP contribution is 2.45. The highest BCUT2D eigenvalue weighted by Gasteiger charge is 2.44. The zero-order chi connectivity index (χ0) is 16.8. The summed E-state index contributed by atoms with van der Waals surface area (Å²) in [6, 6.07) is 8.59. The van der Waals surface area contributed by atoms with Crippen LogP contribution in [0.3, 0.4) is 0 Å². The Kier molecular flexibility index (Phi) is 3.85. The van der Waals surface area contributed by atoms with Gasteiger partial charge in [0.2, 0.25) is 0 Å². The van der Waals surface area contributed by atoms with Crippen molar-refractivity contribution in [2.75, 3.05) is 32.1 Å². The lowest BCUT2D eigenvalue weighted by molar-refractivity contribution is 0.0968. The molecule has 0 bridgehead atoms. The van der Waals surface area contributed by atoms with Gasteiger partial charge in [0.25, 0.3) is 5.91 Å². The van der Waals surface area contributed by atoms with Gasteiger partial charge in [0.15, 0.2) is 0 Å². The number of fused-ring (bicyclic) bond motifs is 3. The van der Waals surface area contributed by atoms with Crippen LogP contribution in [0.15, 0.2) is 29.6 Å². The molecule has 0 spiro atoms. The number of likely N-dealkylation sites (tertiary alicyclic amines) is 1. The van der Waals surface area contributed by atoms with Crippen molar-refractivity contribution in [1.82, 2.24) is 4.90 Å². The molecule has 1 saturated heterocycles. The number of hydrogen-bond acceptors (Lipinski definition) is 4. The van der Waals surface area contributed by atoms with Crippen molar-refractivity contribution in [3.8, 4) is 5.75 Å². The van der Waals surface area contributed by atoms with E-state index < -0.39 is 0 Å². The molecule has 0 unspecified atom stereocenters. The van der Waals surface area contributed by atoms with Crippen LogP contribution in [0, 0.1) is 6.92 Å². The number of piperidine rings is 1. The number of amides is 1. The second-order valence-corrected chi connectivity index (χ2v) is 7.72. The van der Waals surface area contributed by atoms with Crippen LogP contribution in [0.4, 0.5) is 5.69 Å². The summed E-state index contributed by atoms with van der Waals surface area (Å²) in [6.07, 6.45) is 1.02. The Morgan fingerprint density at radius 1 is 1.33 bits per heavy atom. The largest absolute Gasteiger partial charge is 0.496 e. The number of likely N-dealkylation sites (N-methyl/N-ethyl adjacent to an activating group) is 1. The topological polar surface area (TPSA) is 32.8 Å². The second-order valence-electron chi connectivity index (χ2n) is 6.81. The Morgan fingerprint density at radius 2 is 2.17 bits per heavy atom. The first-order valence-corrected chi connectivity index (χ1v) is 9.21. The standard InChI is InChI=1S/C19H22N2O2S/c1-12-4-5-16-14(8-12)15-10-20(2)7-6-17(15)21(16)19(22)18-9-13(23-3)11-24-18/h4-5,8-9,11,15,17H,6-7,10H2,1-3H3/t15-,17-/m0/s1. The van der Waals surface area contributed by atoms with Crippen LogP contribution in [0.5, 0.6) is 5.75 Å². The van der Waals surface area contributed by atoms with Crippen LogP contribution in [0.2, 0.25) is 0 Å². The lowest BCUT2D eigenvalue weighted by Gasteiger charge is -2.36. The van der Waals surface area contributed by atoms with Gasteiger partial charge in [-0.1, -0.05) is 17.7 Å². The van der Waals surface area contributed by atoms with Crippen molar-refractivity contribution in [3.63, 3.8) is 0 Å². The molecule has 4 nitrogen and oxygen atoms in total. The number of benzene rings is 1. The molecular formula is C19H22N2O2S. The Hall–Kier alpha value is -1.85. The van der Waals surface area contributed by atoms with Crippen molar-refractivity contribution in [3.05, 3.63) is 45.6 Å². The number of aryl methyl sites for hydroxylation is 1. The van der Waals surface area contributed by atoms with Gasteiger partial charge in [0.1, 0.15) is 5.75 Å². The highest BCUT2D eigenvalue weighted by atomic mass is 32.1. The van der Waals surface area contributed by atoms with Crippen molar-refractivity contribution < 1.29 is 9.53 Å². The first-order chi connectivity index (χ1) is 11.6. The molecule has 1 fully saturated rings. The normalized spacial score (nSPS) is 23.0. The van der Waals surface area contributed by atoms with Gasteiger partial charge in [-0.25, -0.2) is 0 Å². The molecule has 0 N–H and O–H groups in total. The third-order valence-electron chi connectivity index (χ3n) is 5.19. The van der Waals surface area contributed by atoms with E-state index in [1.54, 1.807) is 7.11 Å². The molecule has 0 aliphatic carbocycles. The fourth-order valence-electron chi connectivity index (χ4n) is 4.00. The van der Waals surface area contributed by atoms with Gasteiger partial charge in [0.05, 0.1) is 12.0 Å². The number of rotatable bonds is 2. The van der Waals surface area contributed by atoms with Crippen LogP contribution >= 0.6 is 11.3 Å². The van der Waals surface area contributed by atoms with E-state index in [1.165, 1.54) is 22.5 Å². The van der Waals surface area contributed by atoms with Crippen LogP contribution in [-0.4, -0.2) is 44.1 Å². The van der Waals surface area contributed by atoms with E-state index in [0.29, 0.717) is 5.92 Å². The molecule has 126 valence electrons. The van der Waals surface area contributed by atoms with Gasteiger partial charge >= 0.3 is 0 Å². The number of anilines is 1. The Balaban J connectivity index is 1.75. The number of ether oxygens (including phenoxy) is 1. The van der Waals surface area contributed by atoms with Gasteiger partial charge in [-0.15, -0.1) is 11.3 Å². The number of thiophene rings is 1. The van der Waals surface area contributed by atoms with Gasteiger partial charge in [-0.05, 0) is 38.6 Å². The molecule has 2 aromatic rings. The average Bonchev–Trinajstić information content (AvgIpc) is 3.17. The smallest absolute Gasteiger partial charge is 0.268 e. The lowest BCUT2D eigenvalue weighted by atomic mass is 9.89. The summed E-state index contributed by atoms with van der Waals surface area (Å²) in [4.78, 5) is 18.4. The molecule has 3 heterocycles. The predicted molar refractivity (Wildman–Crippen MR) is 97.5 cm³/mol. The minimum Gasteiger partial charge on any atom is -0.496 e. The van der Waals surface area contributed by atoms with Gasteiger partial charge in [-0.3, -0.25) is 4.79 Å². The van der Waals surface area contributed by atoms with E-state index in [1.807, 2.05) is 16.3 Å². The quantitative estimate of drug-likeness (QED) is 0.837. The van der Waals surface area contributed by atoms with E-state index >= 15 is 0 Å². The molecule has 1 aromatic heterocycles. The molecule has 1 amide bonds. The Bertz CT molecular complexity index is 785. The van der Waals surface area contributed by atoms with Crippen molar-refractivity contribution in [2.45, 2.75) is 25.3 Å². The lowest BCUT2D eigenvalue weighted by Crippen LogP contribution is -2.47. The number of hydrogen-bond donors (Lipinski definition) is 0. The van der Waals surface area contributed by atoms with E-state index in [4.69, 9.17) is 4.74 Å². The molecule has 24 heavy (non-hydrogen) atoms. The summed E-state index contributed by atoms with van der Waals surface area (Å²) in [5.74, 6) is 1.27. The third kappa shape index (κ3) is 2.43. The summed E-state index contributed by atoms with van der Waals surface area (Å²) >= 11 is 1.46. The van der Waals surface area contributed by atoms with E-state index in [2.05, 4.69) is 37.1 Å². The van der Waals surface area contributed by atoms with Gasteiger partial charge < -0.3 is 14.5 Å². The third-order valence-corrected chi connectivity index (χ3v) is 6.09. The Labute approximate surface area is 146 Å². The molecule has 5 heteroatoms. The maximum Gasteiger partial charge on any atom is 0.268 e. The molecule has 0 saturated carbocycles. The number of carbonyl (C=O) groups is 1. The van der Waals surface area contributed by atoms with Gasteiger partial charge in [-0.2, -0.15) is 0 Å². The molecule has 2 aliphatic rings. The molecule has 2 atom stereocenters. The van der Waals surface area contributed by atoms with Crippen molar-refractivity contribution in [1.29, 1.82) is 0 Å². The first-order valence-electron chi connectivity index (χ1n) is 8.33. The fourth-order valence-corrected chi connectivity index (χ4v) is 4.79. The van der Waals surface area contributed by atoms with E-state index in [0.717, 1.165) is 35.8 Å². The summed E-state index contributed by atoms with van der Waals surface area (Å²) in [5.41, 5.74) is 3.67. The molecular weight excluding hydrogens is 320 g/mol. The van der Waals surface area contributed by atoms with Crippen molar-refractivity contribution >= 4 is 22.9 Å². The van der Waals surface area contributed by atoms with E-state index in [9.17, 15) is 4.79 Å². The predicted octanol–water partition coefficient (Wildman–Crippen LogP) is 3.51. The van der Waals surface area contributed by atoms with E-state index in [-0.39, 0.29) is 11.9 Å². The number of methoxy groups -OCH3 is 1. The number of nitrogens with zero attached hydrogens (tertiary/aromatic N) is 2. The molecule has 0 radical (unpaired) electrons. The average molecular weight is 342 g/mol. The molecule has 4 rings (SSSR count). The van der Waals surface area contributed by atoms with Gasteiger partial charge in [0, 0.05) is 35.6 Å². The monoisotopic (exact) mass is 342 g/mol. The maximum atomic E-state index is 13.2. The van der Waals surface area contributed by atoms with Crippen LogP contribution < -0.4 is 9.64 Å². The fraction of sp³-hybridized carbons (Fsp3) is 0.421. The van der Waals surface area contributed by atoms with Crippen LogP contribution in [-0.2, 0) is 0 Å². The van der Waals surface area contributed by atoms with Crippen molar-refractivity contribution in [2.24, 2.45) is 0 Å². The minimum absolute atomic E-state index is 0.102. The molecule has 1 aromatic carbocycles. The number of carbonyl (C=O) groups excluding carboxylic acids is 1. The summed E-state index contributed by atoms with van der Waals surface area (Å²) in [5, 5.41) is 1.89. The second kappa shape index (κ2) is 5.90. The summed E-state index contributed by atoms with van der Waals surface area (Å²) in [6.45, 7) is 4.17. The summed E-state index contributed by atoms with van der Waals surface area (Å²) < 4.78 is 5.25. The van der Waals surface area contributed by atoms with Crippen LogP contribution in [0.25, 0.3) is 0 Å². The maximum absolute atomic E-state index is 13.2. The zero-order valence-corrected chi connectivity index (χ0v) is 15.1. The molecule has 2 aliphatic heterocycles. The highest BCUT2D eigenvalue weighted by molar-refractivity contribution is 7.12. The van der Waals surface area contributed by atoms with Crippen LogP contribution in [0.1, 0.15) is 33.1 Å². The first kappa shape index (κ1) is 15.7. The SMILES string of the molecule is COc1csc(C(=O)N2c3ccc(C)cc3[C@@H]3CN(C)CC[C@@H]32)c1. The Morgan fingerprint density at radius 3 is 2.92 bits per heavy atom. The summed E-state index contributed by atoms with van der Waals surface area (Å²) in [7, 11) is 3.80. The minimum atomic E-state index is 0.102. The zero-order valence-electron chi connectivity index (χ0n) is 14.3.